The van der Waals surface area contributed by atoms with Gasteiger partial charge in [0, 0.05) is 19.5 Å². The second-order valence-corrected chi connectivity index (χ2v) is 5.99. The van der Waals surface area contributed by atoms with Crippen molar-refractivity contribution in [1.82, 2.24) is 5.32 Å². The number of benzene rings is 2. The monoisotopic (exact) mass is 369 g/mol. The highest BCUT2D eigenvalue weighted by atomic mass is 35.5. The average molecular weight is 370 g/mol. The normalized spacial score (nSPS) is 13.6. The van der Waals surface area contributed by atoms with E-state index in [4.69, 9.17) is 21.1 Å². The molecular formula is C18H18ClF2NO3. The van der Waals surface area contributed by atoms with Crippen LogP contribution in [0, 0.1) is 0 Å². The molecule has 1 aliphatic heterocycles. The molecule has 0 aromatic heterocycles. The molecule has 0 radical (unpaired) electrons. The van der Waals surface area contributed by atoms with E-state index in [1.807, 2.05) is 12.1 Å². The predicted octanol–water partition coefficient (Wildman–Crippen LogP) is 4.39. The minimum absolute atomic E-state index is 0.147. The van der Waals surface area contributed by atoms with Gasteiger partial charge in [-0.2, -0.15) is 8.78 Å². The summed E-state index contributed by atoms with van der Waals surface area (Å²) >= 11 is 6.27. The highest BCUT2D eigenvalue weighted by Crippen LogP contribution is 2.37. The summed E-state index contributed by atoms with van der Waals surface area (Å²) in [6, 6.07) is 10.3. The Morgan fingerprint density at radius 3 is 2.52 bits per heavy atom. The van der Waals surface area contributed by atoms with E-state index in [2.05, 4.69) is 10.1 Å². The highest BCUT2D eigenvalue weighted by Gasteiger charge is 2.15. The van der Waals surface area contributed by atoms with Gasteiger partial charge in [0.2, 0.25) is 0 Å². The van der Waals surface area contributed by atoms with E-state index in [0.717, 1.165) is 17.5 Å². The molecule has 0 fully saturated rings. The van der Waals surface area contributed by atoms with E-state index in [9.17, 15) is 8.78 Å². The summed E-state index contributed by atoms with van der Waals surface area (Å²) in [5.74, 6) is 1.40. The number of halogens is 3. The maximum absolute atomic E-state index is 12.1. The van der Waals surface area contributed by atoms with Gasteiger partial charge in [0.15, 0.2) is 11.5 Å². The Balaban J connectivity index is 1.57. The number of fused-ring (bicyclic) bond motifs is 1. The van der Waals surface area contributed by atoms with Crippen molar-refractivity contribution >= 4 is 11.6 Å². The Hall–Kier alpha value is -2.05. The summed E-state index contributed by atoms with van der Waals surface area (Å²) in [6.45, 7) is -0.441. The maximum Gasteiger partial charge on any atom is 0.387 e. The Bertz CT molecular complexity index is 710. The lowest BCUT2D eigenvalue weighted by molar-refractivity contribution is -0.0498. The van der Waals surface area contributed by atoms with Crippen molar-refractivity contribution in [3.8, 4) is 17.2 Å². The van der Waals surface area contributed by atoms with Gasteiger partial charge in [-0.15, -0.1) is 0 Å². The van der Waals surface area contributed by atoms with Crippen molar-refractivity contribution < 1.29 is 23.0 Å². The molecule has 0 saturated carbocycles. The molecule has 1 heterocycles. The van der Waals surface area contributed by atoms with E-state index in [1.54, 1.807) is 12.1 Å². The maximum atomic E-state index is 12.1. The predicted molar refractivity (Wildman–Crippen MR) is 90.7 cm³/mol. The SMILES string of the molecule is FC(F)Oc1ccc(CNCc2cc(Cl)c3c(c2)OCCCO3)cc1. The third-order valence-corrected chi connectivity index (χ3v) is 3.95. The van der Waals surface area contributed by atoms with Crippen LogP contribution in [0.3, 0.4) is 0 Å². The van der Waals surface area contributed by atoms with Crippen LogP contribution in [0.1, 0.15) is 17.5 Å². The molecule has 4 nitrogen and oxygen atoms in total. The Morgan fingerprint density at radius 1 is 1.04 bits per heavy atom. The van der Waals surface area contributed by atoms with Gasteiger partial charge in [-0.25, -0.2) is 0 Å². The summed E-state index contributed by atoms with van der Waals surface area (Å²) in [5, 5.41) is 3.82. The van der Waals surface area contributed by atoms with Gasteiger partial charge in [0.25, 0.3) is 0 Å². The number of hydrogen-bond acceptors (Lipinski definition) is 4. The smallest absolute Gasteiger partial charge is 0.387 e. The van der Waals surface area contributed by atoms with Crippen LogP contribution in [0.4, 0.5) is 8.78 Å². The molecule has 0 saturated heterocycles. The van der Waals surface area contributed by atoms with Crippen LogP contribution in [0.15, 0.2) is 36.4 Å². The van der Waals surface area contributed by atoms with Gasteiger partial charge < -0.3 is 19.5 Å². The van der Waals surface area contributed by atoms with E-state index < -0.39 is 6.61 Å². The summed E-state index contributed by atoms with van der Waals surface area (Å²) in [7, 11) is 0. The van der Waals surface area contributed by atoms with Gasteiger partial charge in [-0.3, -0.25) is 0 Å². The lowest BCUT2D eigenvalue weighted by atomic mass is 10.1. The van der Waals surface area contributed by atoms with Crippen LogP contribution >= 0.6 is 11.6 Å². The standard InChI is InChI=1S/C18H18ClF2NO3/c19-15-8-13(9-16-17(15)24-7-1-6-23-16)11-22-10-12-2-4-14(5-3-12)25-18(20)21/h2-5,8-9,18,22H,1,6-7,10-11H2. The minimum Gasteiger partial charge on any atom is -0.489 e. The van der Waals surface area contributed by atoms with Crippen LogP contribution in [0.5, 0.6) is 17.2 Å². The summed E-state index contributed by atoms with van der Waals surface area (Å²) in [4.78, 5) is 0. The van der Waals surface area contributed by atoms with E-state index in [-0.39, 0.29) is 5.75 Å². The molecule has 0 bridgehead atoms. The Labute approximate surface area is 149 Å². The van der Waals surface area contributed by atoms with Crippen molar-refractivity contribution in [3.05, 3.63) is 52.5 Å². The molecule has 1 aliphatic rings. The molecule has 25 heavy (non-hydrogen) atoms. The molecule has 0 unspecified atom stereocenters. The Morgan fingerprint density at radius 2 is 1.76 bits per heavy atom. The molecule has 2 aromatic carbocycles. The van der Waals surface area contributed by atoms with Gasteiger partial charge in [-0.1, -0.05) is 23.7 Å². The quantitative estimate of drug-likeness (QED) is 0.819. The molecule has 0 amide bonds. The topological polar surface area (TPSA) is 39.7 Å². The van der Waals surface area contributed by atoms with Crippen LogP contribution in [0.2, 0.25) is 5.02 Å². The zero-order valence-electron chi connectivity index (χ0n) is 13.4. The first-order chi connectivity index (χ1) is 12.1. The van der Waals surface area contributed by atoms with Crippen LogP contribution in [-0.2, 0) is 13.1 Å². The molecule has 0 spiro atoms. The van der Waals surface area contributed by atoms with Crippen molar-refractivity contribution in [3.63, 3.8) is 0 Å². The molecule has 1 N–H and O–H groups in total. The fourth-order valence-electron chi connectivity index (χ4n) is 2.53. The lowest BCUT2D eigenvalue weighted by Crippen LogP contribution is -2.13. The van der Waals surface area contributed by atoms with E-state index >= 15 is 0 Å². The molecule has 7 heteroatoms. The molecule has 3 rings (SSSR count). The summed E-state index contributed by atoms with van der Waals surface area (Å²) in [6.07, 6.45) is 0.823. The molecule has 134 valence electrons. The highest BCUT2D eigenvalue weighted by molar-refractivity contribution is 6.32. The zero-order chi connectivity index (χ0) is 17.6. The number of ether oxygens (including phenoxy) is 3. The summed E-state index contributed by atoms with van der Waals surface area (Å²) in [5.41, 5.74) is 1.94. The molecule has 0 atom stereocenters. The van der Waals surface area contributed by atoms with Gasteiger partial charge >= 0.3 is 6.61 Å². The molecule has 2 aromatic rings. The van der Waals surface area contributed by atoms with Crippen molar-refractivity contribution in [2.24, 2.45) is 0 Å². The fraction of sp³-hybridized carbons (Fsp3) is 0.333. The van der Waals surface area contributed by atoms with Crippen molar-refractivity contribution in [2.75, 3.05) is 13.2 Å². The second-order valence-electron chi connectivity index (χ2n) is 5.58. The van der Waals surface area contributed by atoms with Crippen LogP contribution in [0.25, 0.3) is 0 Å². The van der Waals surface area contributed by atoms with E-state index in [1.165, 1.54) is 12.1 Å². The van der Waals surface area contributed by atoms with Crippen LogP contribution < -0.4 is 19.5 Å². The zero-order valence-corrected chi connectivity index (χ0v) is 14.2. The fourth-order valence-corrected chi connectivity index (χ4v) is 2.81. The minimum atomic E-state index is -2.81. The lowest BCUT2D eigenvalue weighted by Gasteiger charge is -2.12. The van der Waals surface area contributed by atoms with Gasteiger partial charge in [0.1, 0.15) is 5.75 Å². The van der Waals surface area contributed by atoms with Crippen molar-refractivity contribution in [1.29, 1.82) is 0 Å². The number of hydrogen-bond donors (Lipinski definition) is 1. The average Bonchev–Trinajstić information content (AvgIpc) is 2.82. The number of alkyl halides is 2. The van der Waals surface area contributed by atoms with Gasteiger partial charge in [-0.05, 0) is 35.4 Å². The third-order valence-electron chi connectivity index (χ3n) is 3.67. The molecule has 0 aliphatic carbocycles. The number of nitrogens with one attached hydrogen (secondary N) is 1. The largest absolute Gasteiger partial charge is 0.489 e. The first-order valence-corrected chi connectivity index (χ1v) is 8.32. The number of rotatable bonds is 6. The molecular weight excluding hydrogens is 352 g/mol. The third kappa shape index (κ3) is 4.96. The van der Waals surface area contributed by atoms with E-state index in [0.29, 0.717) is 42.8 Å². The van der Waals surface area contributed by atoms with Crippen molar-refractivity contribution in [2.45, 2.75) is 26.1 Å². The first kappa shape index (κ1) is 17.8. The van der Waals surface area contributed by atoms with Gasteiger partial charge in [0.05, 0.1) is 18.2 Å². The Kier molecular flexibility index (Phi) is 5.94. The first-order valence-electron chi connectivity index (χ1n) is 7.94. The second kappa shape index (κ2) is 8.36. The van der Waals surface area contributed by atoms with Crippen LogP contribution in [-0.4, -0.2) is 19.8 Å². The summed E-state index contributed by atoms with van der Waals surface area (Å²) < 4.78 is 39.8.